The predicted octanol–water partition coefficient (Wildman–Crippen LogP) is 6.96. The lowest BCUT2D eigenvalue weighted by molar-refractivity contribution is -0.145. The Kier molecular flexibility index (Phi) is 11.1. The Morgan fingerprint density at radius 1 is 0.891 bits per heavy atom. The van der Waals surface area contributed by atoms with Crippen LogP contribution in [0.5, 0.6) is 5.75 Å². The van der Waals surface area contributed by atoms with Crippen LogP contribution in [0.4, 0.5) is 0 Å². The van der Waals surface area contributed by atoms with Gasteiger partial charge in [-0.2, -0.15) is 0 Å². The summed E-state index contributed by atoms with van der Waals surface area (Å²) in [6.07, 6.45) is 12.6. The number of carboxylic acids is 1. The highest BCUT2D eigenvalue weighted by atomic mass is 32.2. The average Bonchev–Trinajstić information content (AvgIpc) is 3.79. The number of imidazole rings is 2. The maximum Gasteiger partial charge on any atom is 0.344 e. The molecule has 0 aliphatic carbocycles. The number of carboxylic acid groups (broad SMARTS) is 1. The van der Waals surface area contributed by atoms with Gasteiger partial charge in [0.1, 0.15) is 5.75 Å². The van der Waals surface area contributed by atoms with Crippen molar-refractivity contribution >= 4 is 23.3 Å². The molecule has 1 atom stereocenters. The van der Waals surface area contributed by atoms with Gasteiger partial charge in [0.05, 0.1) is 25.7 Å². The molecule has 230 valence electrons. The number of hydrogen-bond acceptors (Lipinski definition) is 5. The molecular weight excluding hydrogens is 593 g/mol. The molecule has 3 aromatic carbocycles. The normalized spacial score (nSPS) is 11.0. The second kappa shape index (κ2) is 16.0. The summed E-state index contributed by atoms with van der Waals surface area (Å²) in [6.45, 7) is 4.92. The number of hydrogen-bond donors (Lipinski definition) is 1. The van der Waals surface area contributed by atoms with E-state index in [1.165, 1.54) is 0 Å². The van der Waals surface area contributed by atoms with Gasteiger partial charge in [0, 0.05) is 46.6 Å². The molecule has 0 saturated heterocycles. The number of ether oxygens (including phenoxy) is 1. The van der Waals surface area contributed by atoms with Crippen LogP contribution in [0.25, 0.3) is 5.57 Å². The number of benzene rings is 3. The van der Waals surface area contributed by atoms with Crippen molar-refractivity contribution in [2.24, 2.45) is 0 Å². The quantitative estimate of drug-likeness (QED) is 0.126. The molecule has 0 aliphatic heterocycles. The van der Waals surface area contributed by atoms with Gasteiger partial charge < -0.3 is 19.0 Å². The number of nitrogens with zero attached hydrogens (tertiary/aromatic N) is 4. The molecule has 7 nitrogen and oxygen atoms in total. The maximum atomic E-state index is 11.4. The highest BCUT2D eigenvalue weighted by Crippen LogP contribution is 2.29. The van der Waals surface area contributed by atoms with E-state index >= 15 is 0 Å². The summed E-state index contributed by atoms with van der Waals surface area (Å²) in [7, 11) is 0. The Balaban J connectivity index is 1.33. The summed E-state index contributed by atoms with van der Waals surface area (Å²) in [5, 5.41) is 9.36. The highest BCUT2D eigenvalue weighted by Gasteiger charge is 2.17. The van der Waals surface area contributed by atoms with Crippen LogP contribution in [0.1, 0.15) is 41.2 Å². The van der Waals surface area contributed by atoms with Gasteiger partial charge in [-0.15, -0.1) is 11.8 Å². The Morgan fingerprint density at radius 3 is 1.91 bits per heavy atom. The molecule has 0 saturated carbocycles. The van der Waals surface area contributed by atoms with Crippen LogP contribution in [0.2, 0.25) is 0 Å². The standard InChI is InChI=1S/C38H34N4O3S/c1-3-36(38(43)44)45-37-17-16-34(26-29(37)2)46-25-18-35(32-12-8-30(9-13-32)6-4-21-41-23-19-39-27-41)33-14-10-31(11-15-33)7-5-22-42-24-20-40-28-42/h8-20,23-24,26-28,36H,3,21-22,25H2,1-2H3,(H,43,44). The van der Waals surface area contributed by atoms with Crippen LogP contribution >= 0.6 is 11.8 Å². The minimum atomic E-state index is -0.956. The predicted molar refractivity (Wildman–Crippen MR) is 182 cm³/mol. The van der Waals surface area contributed by atoms with Crippen LogP contribution in [0, 0.1) is 30.6 Å². The molecule has 0 amide bonds. The van der Waals surface area contributed by atoms with Gasteiger partial charge in [-0.1, -0.05) is 60.9 Å². The Labute approximate surface area is 274 Å². The van der Waals surface area contributed by atoms with Crippen LogP contribution in [0.3, 0.4) is 0 Å². The fraction of sp³-hybridized carbons (Fsp3) is 0.184. The van der Waals surface area contributed by atoms with Gasteiger partial charge in [-0.05, 0) is 78.1 Å². The minimum absolute atomic E-state index is 0.400. The molecule has 1 N–H and O–H groups in total. The number of aryl methyl sites for hydroxylation is 1. The Hall–Kier alpha value is -5.44. The fourth-order valence-electron chi connectivity index (χ4n) is 4.62. The number of carbonyl (C=O) groups is 1. The summed E-state index contributed by atoms with van der Waals surface area (Å²) in [6, 6.07) is 22.5. The summed E-state index contributed by atoms with van der Waals surface area (Å²) < 4.78 is 9.60. The molecule has 5 rings (SSSR count). The molecular formula is C38H34N4O3S. The third-order valence-electron chi connectivity index (χ3n) is 7.10. The molecule has 0 fully saturated rings. The van der Waals surface area contributed by atoms with Crippen LogP contribution in [-0.2, 0) is 17.9 Å². The van der Waals surface area contributed by atoms with Crippen molar-refractivity contribution in [3.63, 3.8) is 0 Å². The molecule has 0 bridgehead atoms. The van der Waals surface area contributed by atoms with E-state index in [2.05, 4.69) is 88.3 Å². The first-order valence-electron chi connectivity index (χ1n) is 14.9. The van der Waals surface area contributed by atoms with Crippen LogP contribution in [-0.4, -0.2) is 42.0 Å². The van der Waals surface area contributed by atoms with E-state index in [4.69, 9.17) is 4.74 Å². The largest absolute Gasteiger partial charge is 0.479 e. The van der Waals surface area contributed by atoms with Crippen LogP contribution < -0.4 is 4.74 Å². The van der Waals surface area contributed by atoms with E-state index in [1.807, 2.05) is 46.7 Å². The van der Waals surface area contributed by atoms with Crippen molar-refractivity contribution in [2.45, 2.75) is 44.4 Å². The fourth-order valence-corrected chi connectivity index (χ4v) is 5.49. The van der Waals surface area contributed by atoms with Gasteiger partial charge in [0.25, 0.3) is 0 Å². The zero-order valence-corrected chi connectivity index (χ0v) is 26.6. The summed E-state index contributed by atoms with van der Waals surface area (Å²) in [5.41, 5.74) is 6.12. The van der Waals surface area contributed by atoms with Crippen molar-refractivity contribution < 1.29 is 14.6 Å². The lowest BCUT2D eigenvalue weighted by Gasteiger charge is -2.15. The van der Waals surface area contributed by atoms with Gasteiger partial charge in [0.15, 0.2) is 6.10 Å². The van der Waals surface area contributed by atoms with E-state index in [-0.39, 0.29) is 0 Å². The first-order valence-corrected chi connectivity index (χ1v) is 15.9. The van der Waals surface area contributed by atoms with Crippen molar-refractivity contribution in [1.82, 2.24) is 19.1 Å². The first-order chi connectivity index (χ1) is 22.5. The molecule has 5 aromatic rings. The van der Waals surface area contributed by atoms with E-state index in [0.717, 1.165) is 44.0 Å². The van der Waals surface area contributed by atoms with E-state index in [1.54, 1.807) is 43.7 Å². The number of aliphatic carboxylic acids is 1. The molecule has 2 heterocycles. The summed E-state index contributed by atoms with van der Waals surface area (Å²) in [5.74, 6) is 13.2. The van der Waals surface area contributed by atoms with E-state index in [9.17, 15) is 9.90 Å². The smallest absolute Gasteiger partial charge is 0.344 e. The zero-order valence-electron chi connectivity index (χ0n) is 25.8. The monoisotopic (exact) mass is 626 g/mol. The zero-order chi connectivity index (χ0) is 32.1. The molecule has 2 aromatic heterocycles. The SMILES string of the molecule is CCC(Oc1ccc(SCC=C(c2ccc(C#CCn3ccnc3)cc2)c2ccc(C#CCn3ccnc3)cc2)cc1C)C(=O)O. The molecule has 1 unspecified atom stereocenters. The van der Waals surface area contributed by atoms with E-state index in [0.29, 0.717) is 25.3 Å². The summed E-state index contributed by atoms with van der Waals surface area (Å²) >= 11 is 1.71. The third-order valence-corrected chi connectivity index (χ3v) is 8.02. The van der Waals surface area contributed by atoms with Gasteiger partial charge in [0.2, 0.25) is 0 Å². The van der Waals surface area contributed by atoms with Gasteiger partial charge in [-0.25, -0.2) is 14.8 Å². The third kappa shape index (κ3) is 9.04. The van der Waals surface area contributed by atoms with Gasteiger partial charge in [-0.3, -0.25) is 0 Å². The lowest BCUT2D eigenvalue weighted by atomic mass is 9.96. The summed E-state index contributed by atoms with van der Waals surface area (Å²) in [4.78, 5) is 20.6. The molecule has 46 heavy (non-hydrogen) atoms. The Morgan fingerprint density at radius 2 is 1.46 bits per heavy atom. The molecule has 8 heteroatoms. The second-order valence-corrected chi connectivity index (χ2v) is 11.5. The van der Waals surface area contributed by atoms with E-state index < -0.39 is 12.1 Å². The lowest BCUT2D eigenvalue weighted by Crippen LogP contribution is -2.26. The van der Waals surface area contributed by atoms with Gasteiger partial charge >= 0.3 is 5.97 Å². The molecule has 0 radical (unpaired) electrons. The number of aromatic nitrogens is 4. The first kappa shape index (κ1) is 32.0. The van der Waals surface area contributed by atoms with Crippen molar-refractivity contribution in [1.29, 1.82) is 0 Å². The number of thioether (sulfide) groups is 1. The topological polar surface area (TPSA) is 82.2 Å². The average molecular weight is 627 g/mol. The number of rotatable bonds is 11. The van der Waals surface area contributed by atoms with Crippen LogP contribution in [0.15, 0.2) is 115 Å². The van der Waals surface area contributed by atoms with Crippen molar-refractivity contribution in [3.8, 4) is 29.4 Å². The molecule has 0 spiro atoms. The maximum absolute atomic E-state index is 11.4. The second-order valence-electron chi connectivity index (χ2n) is 10.4. The molecule has 0 aliphatic rings. The minimum Gasteiger partial charge on any atom is -0.479 e. The highest BCUT2D eigenvalue weighted by molar-refractivity contribution is 7.99. The Bertz CT molecular complexity index is 1790. The van der Waals surface area contributed by atoms with Crippen molar-refractivity contribution in [3.05, 3.63) is 138 Å². The van der Waals surface area contributed by atoms with Crippen molar-refractivity contribution in [2.75, 3.05) is 5.75 Å².